The second-order valence-corrected chi connectivity index (χ2v) is 6.86. The fourth-order valence-corrected chi connectivity index (χ4v) is 3.36. The highest BCUT2D eigenvalue weighted by Gasteiger charge is 2.14. The van der Waals surface area contributed by atoms with Crippen LogP contribution >= 0.6 is 11.3 Å². The van der Waals surface area contributed by atoms with Gasteiger partial charge in [-0.05, 0) is 43.0 Å². The maximum Gasteiger partial charge on any atom is 0.204 e. The van der Waals surface area contributed by atoms with E-state index in [-0.39, 0.29) is 11.6 Å². The Morgan fingerprint density at radius 2 is 1.92 bits per heavy atom. The third-order valence-electron chi connectivity index (χ3n) is 3.95. The number of nitrogens with zero attached hydrogens (tertiary/aromatic N) is 1. The van der Waals surface area contributed by atoms with Crippen molar-refractivity contribution in [3.63, 3.8) is 0 Å². The molecular formula is C20H19FN2OS. The van der Waals surface area contributed by atoms with Gasteiger partial charge in [-0.3, -0.25) is 4.79 Å². The van der Waals surface area contributed by atoms with E-state index in [2.05, 4.69) is 10.3 Å². The molecule has 1 N–H and O–H groups in total. The molecule has 3 nitrogen and oxygen atoms in total. The molecule has 3 aromatic rings. The van der Waals surface area contributed by atoms with E-state index in [0.29, 0.717) is 10.4 Å². The predicted molar refractivity (Wildman–Crippen MR) is 99.9 cm³/mol. The van der Waals surface area contributed by atoms with Crippen LogP contribution in [0.15, 0.2) is 54.7 Å². The van der Waals surface area contributed by atoms with Crippen LogP contribution in [0.5, 0.6) is 0 Å². The average Bonchev–Trinajstić information content (AvgIpc) is 3.09. The molecule has 0 radical (unpaired) electrons. The number of rotatable bonds is 7. The molecule has 25 heavy (non-hydrogen) atoms. The van der Waals surface area contributed by atoms with Crippen LogP contribution in [-0.2, 0) is 6.42 Å². The highest BCUT2D eigenvalue weighted by atomic mass is 32.1. The Bertz CT molecular complexity index is 858. The van der Waals surface area contributed by atoms with Crippen LogP contribution in [0, 0.1) is 12.7 Å². The topological polar surface area (TPSA) is 42.0 Å². The molecule has 0 bridgehead atoms. The molecule has 0 saturated carbocycles. The number of nitrogens with one attached hydrogen (secondary N) is 1. The van der Waals surface area contributed by atoms with Gasteiger partial charge in [0.1, 0.15) is 5.82 Å². The minimum Gasteiger partial charge on any atom is -0.361 e. The molecular weight excluding hydrogens is 335 g/mol. The van der Waals surface area contributed by atoms with Gasteiger partial charge in [0.15, 0.2) is 5.13 Å². The van der Waals surface area contributed by atoms with E-state index in [0.717, 1.165) is 35.6 Å². The molecule has 3 rings (SSSR count). The first kappa shape index (κ1) is 17.3. The minimum absolute atomic E-state index is 0.00922. The molecule has 2 aromatic carbocycles. The van der Waals surface area contributed by atoms with Crippen LogP contribution < -0.4 is 5.32 Å². The summed E-state index contributed by atoms with van der Waals surface area (Å²) < 4.78 is 12.9. The van der Waals surface area contributed by atoms with Gasteiger partial charge in [0.2, 0.25) is 5.78 Å². The van der Waals surface area contributed by atoms with Crippen molar-refractivity contribution in [2.75, 3.05) is 11.9 Å². The van der Waals surface area contributed by atoms with Gasteiger partial charge in [0.05, 0.1) is 11.1 Å². The molecule has 0 aliphatic carbocycles. The summed E-state index contributed by atoms with van der Waals surface area (Å²) in [5, 5.41) is 4.00. The first-order chi connectivity index (χ1) is 12.1. The van der Waals surface area contributed by atoms with Crippen molar-refractivity contribution >= 4 is 22.3 Å². The van der Waals surface area contributed by atoms with Crippen molar-refractivity contribution in [1.82, 2.24) is 4.98 Å². The van der Waals surface area contributed by atoms with Gasteiger partial charge in [-0.1, -0.05) is 47.7 Å². The number of thiazole rings is 1. The lowest BCUT2D eigenvalue weighted by molar-refractivity contribution is 0.104. The van der Waals surface area contributed by atoms with E-state index < -0.39 is 0 Å². The molecule has 0 saturated heterocycles. The minimum atomic E-state index is -0.212. The van der Waals surface area contributed by atoms with E-state index in [4.69, 9.17) is 0 Å². The van der Waals surface area contributed by atoms with Crippen molar-refractivity contribution < 1.29 is 9.18 Å². The normalized spacial score (nSPS) is 10.6. The van der Waals surface area contributed by atoms with Gasteiger partial charge in [-0.2, -0.15) is 0 Å². The summed E-state index contributed by atoms with van der Waals surface area (Å²) in [4.78, 5) is 17.5. The van der Waals surface area contributed by atoms with Crippen LogP contribution in [-0.4, -0.2) is 17.3 Å². The first-order valence-electron chi connectivity index (χ1n) is 8.18. The molecule has 1 heterocycles. The molecule has 0 amide bonds. The van der Waals surface area contributed by atoms with E-state index in [9.17, 15) is 9.18 Å². The average molecular weight is 354 g/mol. The number of ketones is 1. The van der Waals surface area contributed by atoms with Crippen LogP contribution in [0.3, 0.4) is 0 Å². The summed E-state index contributed by atoms with van der Waals surface area (Å²) in [6.45, 7) is 2.69. The number of aryl methyl sites for hydroxylation is 2. The molecule has 0 fully saturated rings. The monoisotopic (exact) mass is 354 g/mol. The number of carbonyl (C=O) groups excluding carboxylic acids is 1. The Kier molecular flexibility index (Phi) is 5.56. The highest BCUT2D eigenvalue weighted by molar-refractivity contribution is 7.17. The van der Waals surface area contributed by atoms with Gasteiger partial charge in [-0.15, -0.1) is 0 Å². The van der Waals surface area contributed by atoms with Gasteiger partial charge < -0.3 is 5.32 Å². The summed E-state index contributed by atoms with van der Waals surface area (Å²) in [6, 6.07) is 14.1. The molecule has 0 spiro atoms. The molecule has 5 heteroatoms. The number of benzene rings is 2. The predicted octanol–water partition coefficient (Wildman–Crippen LogP) is 4.87. The number of hydrogen-bond acceptors (Lipinski definition) is 4. The Hall–Kier alpha value is -2.53. The lowest BCUT2D eigenvalue weighted by Gasteiger charge is -2.03. The summed E-state index contributed by atoms with van der Waals surface area (Å²) in [5.74, 6) is -0.203. The lowest BCUT2D eigenvalue weighted by Crippen LogP contribution is -2.02. The molecule has 1 aromatic heterocycles. The second kappa shape index (κ2) is 8.03. The standard InChI is InChI=1S/C20H19FN2OS/c1-14-5-2-3-7-17(14)19(24)18-13-23-20(25-18)22-12-4-6-15-8-10-16(21)11-9-15/h2-3,5,7-11,13H,4,6,12H2,1H3,(H,22,23). The summed E-state index contributed by atoms with van der Waals surface area (Å²) >= 11 is 1.37. The maximum atomic E-state index is 12.9. The fourth-order valence-electron chi connectivity index (χ4n) is 2.56. The van der Waals surface area contributed by atoms with Crippen molar-refractivity contribution in [2.45, 2.75) is 19.8 Å². The fraction of sp³-hybridized carbons (Fsp3) is 0.200. The van der Waals surface area contributed by atoms with Crippen molar-refractivity contribution in [1.29, 1.82) is 0 Å². The summed E-state index contributed by atoms with van der Waals surface area (Å²) in [5.41, 5.74) is 2.79. The second-order valence-electron chi connectivity index (χ2n) is 5.83. The third-order valence-corrected chi connectivity index (χ3v) is 4.90. The Morgan fingerprint density at radius 1 is 1.16 bits per heavy atom. The van der Waals surface area contributed by atoms with Gasteiger partial charge in [0, 0.05) is 12.1 Å². The largest absolute Gasteiger partial charge is 0.361 e. The molecule has 0 aliphatic rings. The van der Waals surface area contributed by atoms with Crippen LogP contribution in [0.2, 0.25) is 0 Å². The quantitative estimate of drug-likeness (QED) is 0.486. The number of hydrogen-bond donors (Lipinski definition) is 1. The van der Waals surface area contributed by atoms with Crippen LogP contribution in [0.1, 0.15) is 32.8 Å². The third kappa shape index (κ3) is 4.51. The zero-order chi connectivity index (χ0) is 17.6. The van der Waals surface area contributed by atoms with Gasteiger partial charge in [0.25, 0.3) is 0 Å². The van der Waals surface area contributed by atoms with Gasteiger partial charge in [-0.25, -0.2) is 9.37 Å². The SMILES string of the molecule is Cc1ccccc1C(=O)c1cnc(NCCCc2ccc(F)cc2)s1. The Morgan fingerprint density at radius 3 is 2.68 bits per heavy atom. The van der Waals surface area contributed by atoms with Gasteiger partial charge >= 0.3 is 0 Å². The van der Waals surface area contributed by atoms with Crippen molar-refractivity contribution in [2.24, 2.45) is 0 Å². The molecule has 128 valence electrons. The number of anilines is 1. The van der Waals surface area contributed by atoms with Crippen molar-refractivity contribution in [3.05, 3.63) is 82.1 Å². The number of carbonyl (C=O) groups is 1. The molecule has 0 atom stereocenters. The highest BCUT2D eigenvalue weighted by Crippen LogP contribution is 2.22. The molecule has 0 unspecified atom stereocenters. The van der Waals surface area contributed by atoms with Crippen LogP contribution in [0.25, 0.3) is 0 Å². The Labute approximate surface area is 150 Å². The van der Waals surface area contributed by atoms with E-state index >= 15 is 0 Å². The van der Waals surface area contributed by atoms with E-state index in [1.807, 2.05) is 31.2 Å². The number of aromatic nitrogens is 1. The van der Waals surface area contributed by atoms with E-state index in [1.165, 1.54) is 23.5 Å². The number of halogens is 1. The smallest absolute Gasteiger partial charge is 0.204 e. The first-order valence-corrected chi connectivity index (χ1v) is 8.99. The lowest BCUT2D eigenvalue weighted by atomic mass is 10.0. The van der Waals surface area contributed by atoms with Crippen LogP contribution in [0.4, 0.5) is 9.52 Å². The zero-order valence-corrected chi connectivity index (χ0v) is 14.8. The molecule has 0 aliphatic heterocycles. The van der Waals surface area contributed by atoms with Crippen molar-refractivity contribution in [3.8, 4) is 0 Å². The maximum absolute atomic E-state index is 12.9. The zero-order valence-electron chi connectivity index (χ0n) is 14.0. The Balaban J connectivity index is 1.52. The van der Waals surface area contributed by atoms with E-state index in [1.54, 1.807) is 18.3 Å². The summed E-state index contributed by atoms with van der Waals surface area (Å²) in [7, 11) is 0. The summed E-state index contributed by atoms with van der Waals surface area (Å²) in [6.07, 6.45) is 3.40.